The van der Waals surface area contributed by atoms with Crippen molar-refractivity contribution in [3.8, 4) is 0 Å². The van der Waals surface area contributed by atoms with Crippen LogP contribution in [0.4, 0.5) is 0 Å². The van der Waals surface area contributed by atoms with Gasteiger partial charge in [0.15, 0.2) is 0 Å². The molecule has 0 aromatic heterocycles. The Morgan fingerprint density at radius 3 is 0.824 bits per heavy atom. The average Bonchev–Trinajstić information content (AvgIpc) is 1.88. The van der Waals surface area contributed by atoms with Crippen LogP contribution in [0.2, 0.25) is 0 Å². The molecule has 0 saturated heterocycles. The van der Waals surface area contributed by atoms with E-state index in [1.165, 1.54) is 12.8 Å². The molecule has 0 heterocycles. The molecular formula is C17H50. The maximum absolute atomic E-state index is 2.24. The minimum absolute atomic E-state index is 0. The topological polar surface area (TPSA) is 0 Å². The third kappa shape index (κ3) is 125. The van der Waals surface area contributed by atoms with E-state index >= 15 is 0 Å². The van der Waals surface area contributed by atoms with Gasteiger partial charge in [-0.2, -0.15) is 0 Å². The molecule has 0 spiro atoms. The van der Waals surface area contributed by atoms with Crippen LogP contribution in [0.15, 0.2) is 0 Å². The number of rotatable bonds is 1. The van der Waals surface area contributed by atoms with Crippen LogP contribution < -0.4 is 0 Å². The molecule has 0 heteroatoms. The van der Waals surface area contributed by atoms with E-state index in [0.717, 1.165) is 5.92 Å². The predicted molar refractivity (Wildman–Crippen MR) is 95.3 cm³/mol. The molecule has 0 rings (SSSR count). The van der Waals surface area contributed by atoms with Gasteiger partial charge < -0.3 is 0 Å². The fraction of sp³-hybridized carbons (Fsp3) is 1.00. The van der Waals surface area contributed by atoms with Gasteiger partial charge in [-0.15, -0.1) is 0 Å². The molecular weight excluding hydrogens is 204 g/mol. The monoisotopic (exact) mass is 254 g/mol. The molecule has 118 valence electrons. The first kappa shape index (κ1) is 53.7. The molecule has 0 saturated carbocycles. The fourth-order valence-corrected chi connectivity index (χ4v) is 0. The average molecular weight is 255 g/mol. The predicted octanol–water partition coefficient (Wildman–Crippen LogP) is 8.31. The third-order valence-corrected chi connectivity index (χ3v) is 1.88. The van der Waals surface area contributed by atoms with E-state index in [0.29, 0.717) is 5.41 Å². The Labute approximate surface area is 118 Å². The normalized spacial score (nSPS) is 7.06. The van der Waals surface area contributed by atoms with Crippen LogP contribution >= 0.6 is 0 Å². The highest BCUT2D eigenvalue weighted by molar-refractivity contribution is 4.55. The molecule has 0 amide bonds. The van der Waals surface area contributed by atoms with E-state index in [1.807, 2.05) is 0 Å². The van der Waals surface area contributed by atoms with Crippen LogP contribution in [-0.2, 0) is 0 Å². The Bertz CT molecular complexity index is 64.6. The van der Waals surface area contributed by atoms with Gasteiger partial charge in [-0.05, 0) is 11.3 Å². The highest BCUT2D eigenvalue weighted by Crippen LogP contribution is 2.16. The summed E-state index contributed by atoms with van der Waals surface area (Å²) in [5, 5.41) is 0. The van der Waals surface area contributed by atoms with E-state index in [4.69, 9.17) is 0 Å². The second-order valence-corrected chi connectivity index (χ2v) is 4.72. The minimum Gasteiger partial charge on any atom is -0.0776 e. The van der Waals surface area contributed by atoms with Crippen molar-refractivity contribution in [3.63, 3.8) is 0 Å². The first-order valence-corrected chi connectivity index (χ1v) is 4.83. The van der Waals surface area contributed by atoms with Crippen molar-refractivity contribution in [2.45, 2.75) is 106 Å². The van der Waals surface area contributed by atoms with Crippen LogP contribution in [0.3, 0.4) is 0 Å². The van der Waals surface area contributed by atoms with Crippen molar-refractivity contribution in [1.82, 2.24) is 0 Å². The lowest BCUT2D eigenvalue weighted by molar-refractivity contribution is 0.398. The zero-order chi connectivity index (χ0) is 9.49. The zero-order valence-electron chi connectivity index (χ0n) is 9.49. The first-order chi connectivity index (χ1) is 4.83. The second kappa shape index (κ2) is 29.8. The summed E-state index contributed by atoms with van der Waals surface area (Å²) in [6.45, 7) is 15.6. The Morgan fingerprint density at radius 2 is 0.824 bits per heavy atom. The van der Waals surface area contributed by atoms with E-state index in [1.54, 1.807) is 0 Å². The molecule has 0 unspecified atom stereocenters. The number of hydrogen-bond donors (Lipinski definition) is 0. The van der Waals surface area contributed by atoms with Gasteiger partial charge >= 0.3 is 0 Å². The van der Waals surface area contributed by atoms with Gasteiger partial charge in [-0.1, -0.05) is 106 Å². The standard InChI is InChI=1S/C6H14.C5H12.6CH4/c1-5-6(2,3)4;1-4-5(2)3;;;;;;/h5H2,1-4H3;5H,4H2,1-3H3;6*1H4. The van der Waals surface area contributed by atoms with Crippen LogP contribution in [0, 0.1) is 11.3 Å². The molecule has 17 heavy (non-hydrogen) atoms. The van der Waals surface area contributed by atoms with E-state index < -0.39 is 0 Å². The van der Waals surface area contributed by atoms with Crippen LogP contribution in [-0.4, -0.2) is 0 Å². The van der Waals surface area contributed by atoms with Crippen LogP contribution in [0.1, 0.15) is 106 Å². The highest BCUT2D eigenvalue weighted by Gasteiger charge is 2.03. The summed E-state index contributed by atoms with van der Waals surface area (Å²) in [5.41, 5.74) is 0.542. The summed E-state index contributed by atoms with van der Waals surface area (Å²) in [7, 11) is 0. The summed E-state index contributed by atoms with van der Waals surface area (Å²) in [6, 6.07) is 0. The van der Waals surface area contributed by atoms with Crippen molar-refractivity contribution < 1.29 is 0 Å². The largest absolute Gasteiger partial charge is 0.0776 e. The molecule has 0 aromatic rings. The smallest absolute Gasteiger partial charge is 0.0385 e. The van der Waals surface area contributed by atoms with Gasteiger partial charge in [0.05, 0.1) is 0 Å². The van der Waals surface area contributed by atoms with Gasteiger partial charge in [0.25, 0.3) is 0 Å². The third-order valence-electron chi connectivity index (χ3n) is 1.88. The molecule has 0 aliphatic carbocycles. The molecule has 0 fully saturated rings. The summed E-state index contributed by atoms with van der Waals surface area (Å²) in [5.74, 6) is 0.884. The number of hydrogen-bond acceptors (Lipinski definition) is 0. The minimum atomic E-state index is 0. The first-order valence-electron chi connectivity index (χ1n) is 4.83. The van der Waals surface area contributed by atoms with Gasteiger partial charge in [-0.25, -0.2) is 0 Å². The summed E-state index contributed by atoms with van der Waals surface area (Å²) < 4.78 is 0. The van der Waals surface area contributed by atoms with Crippen molar-refractivity contribution in [1.29, 1.82) is 0 Å². The lowest BCUT2D eigenvalue weighted by Gasteiger charge is -2.12. The fourth-order valence-electron chi connectivity index (χ4n) is 0. The Morgan fingerprint density at radius 1 is 0.706 bits per heavy atom. The zero-order valence-corrected chi connectivity index (χ0v) is 9.49. The molecule has 0 aliphatic heterocycles. The molecule has 0 radical (unpaired) electrons. The van der Waals surface area contributed by atoms with Crippen molar-refractivity contribution in [2.75, 3.05) is 0 Å². The molecule has 0 N–H and O–H groups in total. The van der Waals surface area contributed by atoms with Crippen molar-refractivity contribution in [3.05, 3.63) is 0 Å². The molecule has 0 aliphatic rings. The van der Waals surface area contributed by atoms with Gasteiger partial charge in [0.1, 0.15) is 0 Å². The Kier molecular flexibility index (Phi) is 94.0. The van der Waals surface area contributed by atoms with E-state index in [9.17, 15) is 0 Å². The summed E-state index contributed by atoms with van der Waals surface area (Å²) in [4.78, 5) is 0. The second-order valence-electron chi connectivity index (χ2n) is 4.72. The van der Waals surface area contributed by atoms with Gasteiger partial charge in [0.2, 0.25) is 0 Å². The lowest BCUT2D eigenvalue weighted by atomic mass is 9.94. The summed E-state index contributed by atoms with van der Waals surface area (Å²) in [6.07, 6.45) is 2.58. The Hall–Kier alpha value is 0. The highest BCUT2D eigenvalue weighted by atomic mass is 14.1. The quantitative estimate of drug-likeness (QED) is 0.441. The van der Waals surface area contributed by atoms with Crippen molar-refractivity contribution in [2.24, 2.45) is 11.3 Å². The van der Waals surface area contributed by atoms with Crippen LogP contribution in [0.5, 0.6) is 0 Å². The van der Waals surface area contributed by atoms with Gasteiger partial charge in [0, 0.05) is 0 Å². The van der Waals surface area contributed by atoms with E-state index in [-0.39, 0.29) is 44.6 Å². The van der Waals surface area contributed by atoms with Crippen molar-refractivity contribution >= 4 is 0 Å². The molecule has 0 atom stereocenters. The maximum Gasteiger partial charge on any atom is -0.0385 e. The molecule has 0 aromatic carbocycles. The van der Waals surface area contributed by atoms with Crippen LogP contribution in [0.25, 0.3) is 0 Å². The lowest BCUT2D eigenvalue weighted by Crippen LogP contribution is -2.00. The molecule has 0 nitrogen and oxygen atoms in total. The van der Waals surface area contributed by atoms with E-state index in [2.05, 4.69) is 48.5 Å². The van der Waals surface area contributed by atoms with Gasteiger partial charge in [-0.3, -0.25) is 0 Å². The molecule has 0 bridgehead atoms. The SMILES string of the molecule is C.C.C.C.C.C.CCC(C)(C)C.CCC(C)C. The Balaban J connectivity index is -0.0000000118. The summed E-state index contributed by atoms with van der Waals surface area (Å²) >= 11 is 0. The maximum atomic E-state index is 2.24.